The molecule has 0 saturated carbocycles. The minimum atomic E-state index is -2.37. The van der Waals surface area contributed by atoms with E-state index in [0.29, 0.717) is 0 Å². The Bertz CT molecular complexity index is 85.7. The van der Waals surface area contributed by atoms with Crippen molar-refractivity contribution in [2.75, 3.05) is 16.9 Å². The molecule has 1 nitrogen and oxygen atoms in total. The Labute approximate surface area is 63.7 Å². The highest BCUT2D eigenvalue weighted by atomic mass is 35.5. The zero-order valence-electron chi connectivity index (χ0n) is 4.11. The molecule has 5 heteroatoms. The predicted molar refractivity (Wildman–Crippen MR) is 39.8 cm³/mol. The third-order valence-corrected chi connectivity index (χ3v) is 5.88. The van der Waals surface area contributed by atoms with E-state index in [1.54, 1.807) is 0 Å². The van der Waals surface area contributed by atoms with Crippen LogP contribution in [0.4, 0.5) is 0 Å². The SMILES string of the molecule is O=P(CCl)(CCl)CCl. The first-order valence-electron chi connectivity index (χ1n) is 1.93. The molecule has 0 amide bonds. The second-order valence-electron chi connectivity index (χ2n) is 1.42. The average molecular weight is 195 g/mol. The summed E-state index contributed by atoms with van der Waals surface area (Å²) in [6.07, 6.45) is 0. The van der Waals surface area contributed by atoms with Gasteiger partial charge in [-0.2, -0.15) is 0 Å². The number of rotatable bonds is 3. The number of alkyl halides is 3. The molecule has 0 atom stereocenters. The van der Waals surface area contributed by atoms with Crippen LogP contribution in [0.15, 0.2) is 0 Å². The first-order valence-corrected chi connectivity index (χ1v) is 5.80. The molecule has 0 bridgehead atoms. The Morgan fingerprint density at radius 1 is 1.00 bits per heavy atom. The molecule has 0 fully saturated rings. The highest BCUT2D eigenvalue weighted by Gasteiger charge is 2.16. The molecule has 8 heavy (non-hydrogen) atoms. The number of hydrogen-bond acceptors (Lipinski definition) is 1. The Morgan fingerprint density at radius 2 is 1.25 bits per heavy atom. The lowest BCUT2D eigenvalue weighted by Crippen LogP contribution is -1.84. The Balaban J connectivity index is 3.79. The zero-order valence-corrected chi connectivity index (χ0v) is 7.27. The smallest absolute Gasteiger partial charge is 0.130 e. The molecular formula is C3H6Cl3OP. The summed E-state index contributed by atoms with van der Waals surface area (Å²) in [5, 5.41) is 0. The summed E-state index contributed by atoms with van der Waals surface area (Å²) >= 11 is 15.8. The van der Waals surface area contributed by atoms with Gasteiger partial charge in [0.2, 0.25) is 0 Å². The molecule has 0 aromatic heterocycles. The molecule has 0 heterocycles. The van der Waals surface area contributed by atoms with Crippen molar-refractivity contribution in [2.24, 2.45) is 0 Å². The second-order valence-corrected chi connectivity index (χ2v) is 6.40. The molecule has 0 aromatic rings. The van der Waals surface area contributed by atoms with E-state index < -0.39 is 7.14 Å². The first kappa shape index (κ1) is 9.10. The Hall–Kier alpha value is 1.10. The van der Waals surface area contributed by atoms with Crippen LogP contribution >= 0.6 is 41.9 Å². The number of halogens is 3. The van der Waals surface area contributed by atoms with Crippen LogP contribution in [-0.4, -0.2) is 16.9 Å². The quantitative estimate of drug-likeness (QED) is 0.500. The summed E-state index contributed by atoms with van der Waals surface area (Å²) < 4.78 is 10.9. The zero-order chi connectivity index (χ0) is 6.62. The lowest BCUT2D eigenvalue weighted by atomic mass is 11.8. The Kier molecular flexibility index (Phi) is 4.55. The molecule has 0 spiro atoms. The van der Waals surface area contributed by atoms with E-state index in [-0.39, 0.29) is 16.9 Å². The van der Waals surface area contributed by atoms with Crippen molar-refractivity contribution in [1.29, 1.82) is 0 Å². The molecule has 0 aliphatic rings. The highest BCUT2D eigenvalue weighted by molar-refractivity contribution is 7.68. The first-order chi connectivity index (χ1) is 3.68. The highest BCUT2D eigenvalue weighted by Crippen LogP contribution is 2.48. The maximum Gasteiger partial charge on any atom is 0.130 e. The number of hydrogen-bond donors (Lipinski definition) is 0. The van der Waals surface area contributed by atoms with Gasteiger partial charge >= 0.3 is 0 Å². The van der Waals surface area contributed by atoms with E-state index in [1.165, 1.54) is 0 Å². The topological polar surface area (TPSA) is 17.1 Å². The molecule has 50 valence electrons. The fraction of sp³-hybridized carbons (Fsp3) is 1.00. The van der Waals surface area contributed by atoms with E-state index in [9.17, 15) is 4.57 Å². The van der Waals surface area contributed by atoms with Gasteiger partial charge in [0.1, 0.15) is 7.14 Å². The monoisotopic (exact) mass is 194 g/mol. The van der Waals surface area contributed by atoms with Gasteiger partial charge < -0.3 is 4.57 Å². The third kappa shape index (κ3) is 2.59. The normalized spacial score (nSPS) is 11.9. The van der Waals surface area contributed by atoms with Crippen LogP contribution in [0.1, 0.15) is 0 Å². The molecule has 0 aliphatic heterocycles. The summed E-state index contributed by atoms with van der Waals surface area (Å²) in [6.45, 7) is 0. The molecule has 0 radical (unpaired) electrons. The molecular weight excluding hydrogens is 189 g/mol. The summed E-state index contributed by atoms with van der Waals surface area (Å²) in [7, 11) is -2.37. The van der Waals surface area contributed by atoms with Gasteiger partial charge in [0.25, 0.3) is 0 Å². The molecule has 0 N–H and O–H groups in total. The van der Waals surface area contributed by atoms with Crippen molar-refractivity contribution in [3.05, 3.63) is 0 Å². The summed E-state index contributed by atoms with van der Waals surface area (Å²) in [5.41, 5.74) is 0.250. The van der Waals surface area contributed by atoms with Gasteiger partial charge in [-0.05, 0) is 0 Å². The van der Waals surface area contributed by atoms with Crippen LogP contribution in [0.2, 0.25) is 0 Å². The standard InChI is InChI=1S/C3H6Cl3OP/c4-1-8(7,2-5)3-6/h1-3H2. The third-order valence-electron chi connectivity index (χ3n) is 0.653. The van der Waals surface area contributed by atoms with Crippen molar-refractivity contribution in [2.45, 2.75) is 0 Å². The van der Waals surface area contributed by atoms with Crippen LogP contribution in [0.5, 0.6) is 0 Å². The minimum absolute atomic E-state index is 0.0833. The van der Waals surface area contributed by atoms with E-state index >= 15 is 0 Å². The largest absolute Gasteiger partial charge is 0.320 e. The summed E-state index contributed by atoms with van der Waals surface area (Å²) in [5.74, 6) is 0. The van der Waals surface area contributed by atoms with Crippen molar-refractivity contribution in [3.8, 4) is 0 Å². The maximum atomic E-state index is 10.9. The molecule has 0 rings (SSSR count). The van der Waals surface area contributed by atoms with Crippen LogP contribution in [0, 0.1) is 0 Å². The van der Waals surface area contributed by atoms with Gasteiger partial charge in [0.15, 0.2) is 0 Å². The summed E-state index contributed by atoms with van der Waals surface area (Å²) in [6, 6.07) is 0. The van der Waals surface area contributed by atoms with Crippen LogP contribution in [0.25, 0.3) is 0 Å². The van der Waals surface area contributed by atoms with E-state index in [1.807, 2.05) is 0 Å². The van der Waals surface area contributed by atoms with E-state index in [0.717, 1.165) is 0 Å². The minimum Gasteiger partial charge on any atom is -0.320 e. The van der Waals surface area contributed by atoms with Crippen molar-refractivity contribution in [1.82, 2.24) is 0 Å². The fourth-order valence-electron chi connectivity index (χ4n) is 0.0958. The maximum absolute atomic E-state index is 10.9. The van der Waals surface area contributed by atoms with Gasteiger partial charge in [-0.1, -0.05) is 0 Å². The van der Waals surface area contributed by atoms with Gasteiger partial charge in [-0.3, -0.25) is 0 Å². The van der Waals surface area contributed by atoms with Crippen LogP contribution < -0.4 is 0 Å². The summed E-state index contributed by atoms with van der Waals surface area (Å²) in [4.78, 5) is 0. The van der Waals surface area contributed by atoms with Gasteiger partial charge in [0.05, 0.1) is 16.9 Å². The molecule has 0 saturated heterocycles. The molecule has 0 unspecified atom stereocenters. The van der Waals surface area contributed by atoms with Crippen molar-refractivity contribution < 1.29 is 4.57 Å². The van der Waals surface area contributed by atoms with Crippen molar-refractivity contribution in [3.63, 3.8) is 0 Å². The fourth-order valence-corrected chi connectivity index (χ4v) is 2.59. The van der Waals surface area contributed by atoms with Crippen LogP contribution in [0.3, 0.4) is 0 Å². The molecule has 0 aliphatic carbocycles. The lowest BCUT2D eigenvalue weighted by Gasteiger charge is -2.04. The second kappa shape index (κ2) is 4.00. The average Bonchev–Trinajstić information content (AvgIpc) is 1.87. The Morgan fingerprint density at radius 3 is 1.25 bits per heavy atom. The predicted octanol–water partition coefficient (Wildman–Crippen LogP) is 2.94. The van der Waals surface area contributed by atoms with Gasteiger partial charge in [0, 0.05) is 0 Å². The van der Waals surface area contributed by atoms with Gasteiger partial charge in [-0.25, -0.2) is 0 Å². The molecule has 0 aromatic carbocycles. The van der Waals surface area contributed by atoms with Gasteiger partial charge in [-0.15, -0.1) is 34.8 Å². The van der Waals surface area contributed by atoms with E-state index in [2.05, 4.69) is 0 Å². The van der Waals surface area contributed by atoms with E-state index in [4.69, 9.17) is 34.8 Å². The van der Waals surface area contributed by atoms with Crippen LogP contribution in [-0.2, 0) is 4.57 Å². The van der Waals surface area contributed by atoms with Crippen molar-refractivity contribution >= 4 is 41.9 Å². The lowest BCUT2D eigenvalue weighted by molar-refractivity contribution is 0.583.